The molecule has 0 atom stereocenters. The molecule has 0 N–H and O–H groups in total. The van der Waals surface area contributed by atoms with Crippen molar-refractivity contribution < 1.29 is 4.79 Å². The summed E-state index contributed by atoms with van der Waals surface area (Å²) in [5.74, 6) is 0. The number of carbonyl (C=O) groups excluding carboxylic acids is 1. The summed E-state index contributed by atoms with van der Waals surface area (Å²) in [5.41, 5.74) is 1.08. The Balaban J connectivity index is 3.42. The summed E-state index contributed by atoms with van der Waals surface area (Å²) in [6.45, 7) is 1.68. The van der Waals surface area contributed by atoms with E-state index < -0.39 is 5.24 Å². The zero-order valence-electron chi connectivity index (χ0n) is 6.34. The molecular formula is C8H5ClN2O. The SMILES string of the molecule is Cc1cncc(C#N)c1C(=O)Cl. The lowest BCUT2D eigenvalue weighted by atomic mass is 10.1. The van der Waals surface area contributed by atoms with Gasteiger partial charge in [-0.15, -0.1) is 0 Å². The van der Waals surface area contributed by atoms with Gasteiger partial charge in [0.1, 0.15) is 6.07 Å². The number of rotatable bonds is 1. The minimum absolute atomic E-state index is 0.218. The lowest BCUT2D eigenvalue weighted by Gasteiger charge is -1.99. The third-order valence-corrected chi connectivity index (χ3v) is 1.64. The van der Waals surface area contributed by atoms with E-state index >= 15 is 0 Å². The Kier molecular flexibility index (Phi) is 2.41. The van der Waals surface area contributed by atoms with Gasteiger partial charge in [-0.1, -0.05) is 0 Å². The lowest BCUT2D eigenvalue weighted by molar-refractivity contribution is 0.108. The van der Waals surface area contributed by atoms with Crippen LogP contribution < -0.4 is 0 Å². The van der Waals surface area contributed by atoms with Crippen molar-refractivity contribution in [2.45, 2.75) is 6.92 Å². The van der Waals surface area contributed by atoms with Gasteiger partial charge in [-0.2, -0.15) is 5.26 Å². The maximum atomic E-state index is 10.8. The van der Waals surface area contributed by atoms with Crippen LogP contribution in [-0.2, 0) is 0 Å². The van der Waals surface area contributed by atoms with Gasteiger partial charge in [0.25, 0.3) is 5.24 Å². The van der Waals surface area contributed by atoms with Crippen molar-refractivity contribution in [2.75, 3.05) is 0 Å². The number of aryl methyl sites for hydroxylation is 1. The Morgan fingerprint density at radius 2 is 2.33 bits per heavy atom. The van der Waals surface area contributed by atoms with E-state index in [0.29, 0.717) is 5.56 Å². The summed E-state index contributed by atoms with van der Waals surface area (Å²) < 4.78 is 0. The first-order chi connectivity index (χ1) is 5.66. The van der Waals surface area contributed by atoms with Gasteiger partial charge in [-0.25, -0.2) is 0 Å². The highest BCUT2D eigenvalue weighted by Gasteiger charge is 2.11. The number of carbonyl (C=O) groups is 1. The van der Waals surface area contributed by atoms with Gasteiger partial charge >= 0.3 is 0 Å². The molecule has 0 bridgehead atoms. The Bertz CT molecular complexity index is 368. The molecule has 0 aliphatic carbocycles. The van der Waals surface area contributed by atoms with Crippen LogP contribution in [-0.4, -0.2) is 10.2 Å². The molecule has 3 nitrogen and oxygen atoms in total. The van der Waals surface area contributed by atoms with Crippen LogP contribution in [0.25, 0.3) is 0 Å². The summed E-state index contributed by atoms with van der Waals surface area (Å²) in [6, 6.07) is 1.85. The van der Waals surface area contributed by atoms with Crippen LogP contribution >= 0.6 is 11.6 Å². The van der Waals surface area contributed by atoms with Crippen molar-refractivity contribution >= 4 is 16.8 Å². The van der Waals surface area contributed by atoms with Crippen LogP contribution in [0.2, 0.25) is 0 Å². The quantitative estimate of drug-likeness (QED) is 0.618. The molecule has 0 fully saturated rings. The molecule has 4 heteroatoms. The molecule has 0 aliphatic rings. The number of pyridine rings is 1. The number of hydrogen-bond acceptors (Lipinski definition) is 3. The largest absolute Gasteiger partial charge is 0.276 e. The number of nitrogens with zero attached hydrogens (tertiary/aromatic N) is 2. The second kappa shape index (κ2) is 3.33. The number of nitriles is 1. The second-order valence-corrected chi connectivity index (χ2v) is 2.61. The molecule has 0 amide bonds. The first-order valence-corrected chi connectivity index (χ1v) is 3.59. The molecule has 0 saturated heterocycles. The summed E-state index contributed by atoms with van der Waals surface area (Å²) >= 11 is 5.27. The maximum absolute atomic E-state index is 10.8. The van der Waals surface area contributed by atoms with Gasteiger partial charge in [0.05, 0.1) is 11.1 Å². The molecule has 0 saturated carbocycles. The fraction of sp³-hybridized carbons (Fsp3) is 0.125. The van der Waals surface area contributed by atoms with Crippen LogP contribution in [0.4, 0.5) is 0 Å². The third kappa shape index (κ3) is 1.44. The van der Waals surface area contributed by atoms with Gasteiger partial charge in [-0.3, -0.25) is 9.78 Å². The predicted molar refractivity (Wildman–Crippen MR) is 43.9 cm³/mol. The highest BCUT2D eigenvalue weighted by Crippen LogP contribution is 2.13. The van der Waals surface area contributed by atoms with Crippen molar-refractivity contribution in [3.8, 4) is 6.07 Å². The molecule has 1 heterocycles. The van der Waals surface area contributed by atoms with Crippen LogP contribution in [0.3, 0.4) is 0 Å². The van der Waals surface area contributed by atoms with Gasteiger partial charge in [-0.05, 0) is 24.1 Å². The normalized spacial score (nSPS) is 9.08. The molecule has 12 heavy (non-hydrogen) atoms. The second-order valence-electron chi connectivity index (χ2n) is 2.26. The molecule has 0 unspecified atom stereocenters. The maximum Gasteiger partial charge on any atom is 0.254 e. The lowest BCUT2D eigenvalue weighted by Crippen LogP contribution is -1.98. The standard InChI is InChI=1S/C8H5ClN2O/c1-5-3-11-4-6(2-10)7(5)8(9)12/h3-4H,1H3. The monoisotopic (exact) mass is 180 g/mol. The fourth-order valence-corrected chi connectivity index (χ4v) is 1.16. The van der Waals surface area contributed by atoms with Gasteiger partial charge in [0, 0.05) is 12.4 Å². The van der Waals surface area contributed by atoms with E-state index in [9.17, 15) is 4.79 Å². The Labute approximate surface area is 74.6 Å². The third-order valence-electron chi connectivity index (χ3n) is 1.45. The fourth-order valence-electron chi connectivity index (χ4n) is 0.911. The van der Waals surface area contributed by atoms with E-state index in [1.54, 1.807) is 6.92 Å². The van der Waals surface area contributed by atoms with Crippen molar-refractivity contribution in [3.63, 3.8) is 0 Å². The highest BCUT2D eigenvalue weighted by molar-refractivity contribution is 6.68. The van der Waals surface area contributed by atoms with E-state index in [4.69, 9.17) is 16.9 Å². The van der Waals surface area contributed by atoms with Gasteiger partial charge < -0.3 is 0 Å². The highest BCUT2D eigenvalue weighted by atomic mass is 35.5. The molecule has 0 radical (unpaired) electrons. The summed E-state index contributed by atoms with van der Waals surface area (Å²) in [7, 11) is 0. The van der Waals surface area contributed by atoms with Crippen molar-refractivity contribution in [1.29, 1.82) is 5.26 Å². The van der Waals surface area contributed by atoms with Crippen molar-refractivity contribution in [1.82, 2.24) is 4.98 Å². The van der Waals surface area contributed by atoms with E-state index in [0.717, 1.165) is 0 Å². The number of hydrogen-bond donors (Lipinski definition) is 0. The molecular weight excluding hydrogens is 176 g/mol. The van der Waals surface area contributed by atoms with Crippen LogP contribution in [0.1, 0.15) is 21.5 Å². The van der Waals surface area contributed by atoms with Crippen molar-refractivity contribution in [3.05, 3.63) is 29.1 Å². The van der Waals surface area contributed by atoms with Crippen LogP contribution in [0, 0.1) is 18.3 Å². The Morgan fingerprint density at radius 3 is 2.75 bits per heavy atom. The van der Waals surface area contributed by atoms with Gasteiger partial charge in [0.15, 0.2) is 0 Å². The molecule has 0 spiro atoms. The molecule has 1 aromatic heterocycles. The summed E-state index contributed by atoms with van der Waals surface area (Å²) in [5, 5.41) is 7.97. The topological polar surface area (TPSA) is 53.8 Å². The Morgan fingerprint density at radius 1 is 1.67 bits per heavy atom. The van der Waals surface area contributed by atoms with E-state index in [2.05, 4.69) is 4.98 Å². The van der Waals surface area contributed by atoms with E-state index in [-0.39, 0.29) is 11.1 Å². The average molecular weight is 181 g/mol. The zero-order valence-corrected chi connectivity index (χ0v) is 7.09. The molecule has 60 valence electrons. The smallest absolute Gasteiger partial charge is 0.254 e. The minimum atomic E-state index is -0.619. The van der Waals surface area contributed by atoms with Gasteiger partial charge in [0.2, 0.25) is 0 Å². The molecule has 0 aliphatic heterocycles. The van der Waals surface area contributed by atoms with Crippen molar-refractivity contribution in [2.24, 2.45) is 0 Å². The first kappa shape index (κ1) is 8.69. The average Bonchev–Trinajstić information content (AvgIpc) is 2.03. The zero-order chi connectivity index (χ0) is 9.14. The summed E-state index contributed by atoms with van der Waals surface area (Å²) in [4.78, 5) is 14.6. The van der Waals surface area contributed by atoms with Crippen LogP contribution in [0.5, 0.6) is 0 Å². The first-order valence-electron chi connectivity index (χ1n) is 3.21. The molecule has 0 aromatic carbocycles. The minimum Gasteiger partial charge on any atom is -0.276 e. The summed E-state index contributed by atoms with van der Waals surface area (Å²) in [6.07, 6.45) is 2.82. The van der Waals surface area contributed by atoms with E-state index in [1.807, 2.05) is 6.07 Å². The Hall–Kier alpha value is -1.40. The molecule has 1 aromatic rings. The predicted octanol–water partition coefficient (Wildman–Crippen LogP) is 1.64. The molecule has 1 rings (SSSR count). The van der Waals surface area contributed by atoms with Crippen LogP contribution in [0.15, 0.2) is 12.4 Å². The number of aromatic nitrogens is 1. The van der Waals surface area contributed by atoms with E-state index in [1.165, 1.54) is 12.4 Å². The number of halogens is 1.